The number of alkyl halides is 3. The summed E-state index contributed by atoms with van der Waals surface area (Å²) in [4.78, 5) is 10.8. The van der Waals surface area contributed by atoms with Crippen molar-refractivity contribution in [2.75, 3.05) is 0 Å². The summed E-state index contributed by atoms with van der Waals surface area (Å²) in [6.45, 7) is 0. The third kappa shape index (κ3) is 1.19. The molecule has 0 radical (unpaired) electrons. The average Bonchev–Trinajstić information content (AvgIpc) is 2.19. The monoisotopic (exact) mass is 206 g/mol. The maximum atomic E-state index is 12.8. The summed E-state index contributed by atoms with van der Waals surface area (Å²) < 4.78 is 38.3. The Morgan fingerprint density at radius 3 is 1.64 bits per heavy atom. The third-order valence-corrected chi connectivity index (χ3v) is 4.16. The molecule has 0 aliphatic heterocycles. The molecule has 3 aliphatic rings. The molecule has 3 aliphatic carbocycles. The number of hydrogen-bond acceptors (Lipinski definition) is 1. The summed E-state index contributed by atoms with van der Waals surface area (Å²) in [7, 11) is 0. The number of fused-ring (bicyclic) bond motifs is 3. The highest BCUT2D eigenvalue weighted by Gasteiger charge is 2.61. The van der Waals surface area contributed by atoms with Crippen LogP contribution in [0.5, 0.6) is 0 Å². The molecule has 14 heavy (non-hydrogen) atoms. The molecule has 3 saturated carbocycles. The Morgan fingerprint density at radius 2 is 1.36 bits per heavy atom. The van der Waals surface area contributed by atoms with Gasteiger partial charge in [-0.15, -0.1) is 0 Å². The van der Waals surface area contributed by atoms with Crippen LogP contribution in [-0.4, -0.2) is 12.5 Å². The summed E-state index contributed by atoms with van der Waals surface area (Å²) in [5.74, 6) is 0. The highest BCUT2D eigenvalue weighted by atomic mass is 19.4. The Labute approximate surface area is 80.7 Å². The molecule has 1 nitrogen and oxygen atoms in total. The summed E-state index contributed by atoms with van der Waals surface area (Å²) in [6.07, 6.45) is -1.48. The van der Waals surface area contributed by atoms with Gasteiger partial charge in [0.25, 0.3) is 0 Å². The molecule has 0 saturated heterocycles. The lowest BCUT2D eigenvalue weighted by molar-refractivity contribution is -0.257. The second kappa shape index (κ2) is 2.74. The van der Waals surface area contributed by atoms with Crippen molar-refractivity contribution in [2.24, 2.45) is 10.8 Å². The molecule has 3 rings (SSSR count). The topological polar surface area (TPSA) is 17.1 Å². The van der Waals surface area contributed by atoms with Crippen molar-refractivity contribution in [3.63, 3.8) is 0 Å². The van der Waals surface area contributed by atoms with Crippen LogP contribution < -0.4 is 0 Å². The van der Waals surface area contributed by atoms with E-state index in [1.54, 1.807) is 0 Å². The SMILES string of the molecule is O=CC12CCC(C(F)(F)F)(CC1)CC2. The molecule has 0 aromatic rings. The average molecular weight is 206 g/mol. The zero-order chi connectivity index (χ0) is 10.4. The van der Waals surface area contributed by atoms with Gasteiger partial charge in [0.15, 0.2) is 0 Å². The molecule has 4 heteroatoms. The van der Waals surface area contributed by atoms with E-state index >= 15 is 0 Å². The van der Waals surface area contributed by atoms with Gasteiger partial charge in [0, 0.05) is 5.41 Å². The van der Waals surface area contributed by atoms with E-state index in [1.807, 2.05) is 0 Å². The second-order valence-corrected chi connectivity index (χ2v) is 4.76. The predicted octanol–water partition coefficient (Wildman–Crippen LogP) is 3.09. The van der Waals surface area contributed by atoms with Crippen LogP contribution in [0.1, 0.15) is 38.5 Å². The van der Waals surface area contributed by atoms with Crippen LogP contribution in [0.25, 0.3) is 0 Å². The quantitative estimate of drug-likeness (QED) is 0.602. The van der Waals surface area contributed by atoms with Gasteiger partial charge in [0.1, 0.15) is 6.29 Å². The van der Waals surface area contributed by atoms with Crippen LogP contribution in [0.2, 0.25) is 0 Å². The Kier molecular flexibility index (Phi) is 1.95. The molecule has 3 fully saturated rings. The van der Waals surface area contributed by atoms with Crippen molar-refractivity contribution in [3.8, 4) is 0 Å². The van der Waals surface area contributed by atoms with Crippen molar-refractivity contribution < 1.29 is 18.0 Å². The van der Waals surface area contributed by atoms with Gasteiger partial charge < -0.3 is 4.79 Å². The second-order valence-electron chi connectivity index (χ2n) is 4.76. The smallest absolute Gasteiger partial charge is 0.303 e. The maximum absolute atomic E-state index is 12.8. The first-order chi connectivity index (χ1) is 6.43. The number of rotatable bonds is 1. The molecule has 0 spiro atoms. The molecule has 0 heterocycles. The minimum atomic E-state index is -4.08. The third-order valence-electron chi connectivity index (χ3n) is 4.16. The van der Waals surface area contributed by atoms with Crippen LogP contribution in [0.4, 0.5) is 13.2 Å². The summed E-state index contributed by atoms with van der Waals surface area (Å²) in [5, 5.41) is 0. The predicted molar refractivity (Wildman–Crippen MR) is 44.7 cm³/mol. The molecule has 0 atom stereocenters. The van der Waals surface area contributed by atoms with Gasteiger partial charge in [0.2, 0.25) is 0 Å². The molecule has 0 unspecified atom stereocenters. The Morgan fingerprint density at radius 1 is 0.929 bits per heavy atom. The van der Waals surface area contributed by atoms with Crippen molar-refractivity contribution in [3.05, 3.63) is 0 Å². The zero-order valence-corrected chi connectivity index (χ0v) is 7.86. The first kappa shape index (κ1) is 9.99. The van der Waals surface area contributed by atoms with E-state index in [4.69, 9.17) is 0 Å². The summed E-state index contributed by atoms with van der Waals surface area (Å²) in [6, 6.07) is 0. The lowest BCUT2D eigenvalue weighted by Gasteiger charge is -2.51. The minimum absolute atomic E-state index is 0.148. The lowest BCUT2D eigenvalue weighted by atomic mass is 9.54. The highest BCUT2D eigenvalue weighted by Crippen LogP contribution is 2.61. The van der Waals surface area contributed by atoms with Crippen LogP contribution in [0.15, 0.2) is 0 Å². The van der Waals surface area contributed by atoms with Gasteiger partial charge in [-0.25, -0.2) is 0 Å². The Balaban J connectivity index is 2.21. The van der Waals surface area contributed by atoms with Crippen LogP contribution in [0, 0.1) is 10.8 Å². The fraction of sp³-hybridized carbons (Fsp3) is 0.900. The number of carbonyl (C=O) groups excluding carboxylic acids is 1. The van der Waals surface area contributed by atoms with E-state index in [0.717, 1.165) is 6.29 Å². The number of aldehydes is 1. The maximum Gasteiger partial charge on any atom is 0.394 e. The van der Waals surface area contributed by atoms with E-state index in [0.29, 0.717) is 19.3 Å². The first-order valence-electron chi connectivity index (χ1n) is 4.96. The highest BCUT2D eigenvalue weighted by molar-refractivity contribution is 5.60. The number of hydrogen-bond donors (Lipinski definition) is 0. The molecular weight excluding hydrogens is 193 g/mol. The fourth-order valence-corrected chi connectivity index (χ4v) is 2.82. The molecule has 0 amide bonds. The summed E-state index contributed by atoms with van der Waals surface area (Å²) >= 11 is 0. The van der Waals surface area contributed by atoms with Crippen LogP contribution in [-0.2, 0) is 4.79 Å². The molecule has 0 aromatic heterocycles. The molecule has 0 N–H and O–H groups in total. The van der Waals surface area contributed by atoms with E-state index < -0.39 is 17.0 Å². The van der Waals surface area contributed by atoms with Crippen LogP contribution in [0.3, 0.4) is 0 Å². The fourth-order valence-electron chi connectivity index (χ4n) is 2.82. The number of halogens is 3. The normalized spacial score (nSPS) is 42.5. The van der Waals surface area contributed by atoms with Crippen molar-refractivity contribution >= 4 is 6.29 Å². The molecule has 2 bridgehead atoms. The largest absolute Gasteiger partial charge is 0.394 e. The minimum Gasteiger partial charge on any atom is -0.303 e. The Bertz CT molecular complexity index is 232. The molecule has 0 aromatic carbocycles. The van der Waals surface area contributed by atoms with E-state index in [1.165, 1.54) is 0 Å². The van der Waals surface area contributed by atoms with Gasteiger partial charge in [-0.1, -0.05) is 0 Å². The zero-order valence-electron chi connectivity index (χ0n) is 7.86. The molecule has 80 valence electrons. The van der Waals surface area contributed by atoms with Gasteiger partial charge in [-0.3, -0.25) is 0 Å². The van der Waals surface area contributed by atoms with Gasteiger partial charge in [-0.2, -0.15) is 13.2 Å². The van der Waals surface area contributed by atoms with Crippen LogP contribution >= 0.6 is 0 Å². The standard InChI is InChI=1S/C10H13F3O/c11-10(12,13)9-4-1-8(7-14,2-5-9)3-6-9/h7H,1-6H2. The van der Waals surface area contributed by atoms with E-state index in [2.05, 4.69) is 0 Å². The first-order valence-corrected chi connectivity index (χ1v) is 4.96. The number of carbonyl (C=O) groups is 1. The van der Waals surface area contributed by atoms with E-state index in [-0.39, 0.29) is 19.3 Å². The lowest BCUT2D eigenvalue weighted by Crippen LogP contribution is -2.49. The van der Waals surface area contributed by atoms with Gasteiger partial charge in [0.05, 0.1) is 5.41 Å². The summed E-state index contributed by atoms with van der Waals surface area (Å²) in [5.41, 5.74) is -1.87. The van der Waals surface area contributed by atoms with Crippen molar-refractivity contribution in [1.82, 2.24) is 0 Å². The van der Waals surface area contributed by atoms with Gasteiger partial charge in [-0.05, 0) is 38.5 Å². The Hall–Kier alpha value is -0.540. The van der Waals surface area contributed by atoms with Gasteiger partial charge >= 0.3 is 6.18 Å². The van der Waals surface area contributed by atoms with E-state index in [9.17, 15) is 18.0 Å². The van der Waals surface area contributed by atoms with Crippen molar-refractivity contribution in [1.29, 1.82) is 0 Å². The van der Waals surface area contributed by atoms with Crippen molar-refractivity contribution in [2.45, 2.75) is 44.7 Å². The molecular formula is C10H13F3O.